The zero-order valence-corrected chi connectivity index (χ0v) is 17.8. The van der Waals surface area contributed by atoms with E-state index in [-0.39, 0.29) is 42.3 Å². The summed E-state index contributed by atoms with van der Waals surface area (Å²) in [6.07, 6.45) is -0.823. The Bertz CT molecular complexity index is 1340. The minimum atomic E-state index is -2.11. The molecule has 2 aromatic carbocycles. The Balaban J connectivity index is 1.35. The Morgan fingerprint density at radius 3 is 2.68 bits per heavy atom. The van der Waals surface area contributed by atoms with Gasteiger partial charge in [-0.3, -0.25) is 23.7 Å². The quantitative estimate of drug-likeness (QED) is 0.498. The first kappa shape index (κ1) is 22.8. The molecule has 2 heterocycles. The van der Waals surface area contributed by atoms with Crippen LogP contribution in [0.4, 0.5) is 20.2 Å². The summed E-state index contributed by atoms with van der Waals surface area (Å²) < 4.78 is 29.4. The van der Waals surface area contributed by atoms with Gasteiger partial charge in [0.1, 0.15) is 11.4 Å². The third-order valence-corrected chi connectivity index (χ3v) is 5.28. The lowest BCUT2D eigenvalue weighted by Gasteiger charge is -2.14. The molecule has 8 nitrogen and oxygen atoms in total. The third-order valence-electron chi connectivity index (χ3n) is 5.28. The van der Waals surface area contributed by atoms with Crippen LogP contribution in [0.1, 0.15) is 34.2 Å². The molecular formula is C24H20F2N4O4. The molecule has 0 fully saturated rings. The smallest absolute Gasteiger partial charge is 0.266 e. The second-order valence-electron chi connectivity index (χ2n) is 7.64. The van der Waals surface area contributed by atoms with Crippen molar-refractivity contribution in [2.45, 2.75) is 19.1 Å². The maximum absolute atomic E-state index is 14.8. The Kier molecular flexibility index (Phi) is 6.48. The fourth-order valence-corrected chi connectivity index (χ4v) is 3.59. The molecule has 0 saturated carbocycles. The van der Waals surface area contributed by atoms with Crippen LogP contribution in [-0.2, 0) is 16.0 Å². The molecule has 3 amide bonds. The lowest BCUT2D eigenvalue weighted by molar-refractivity contribution is -0.116. The highest BCUT2D eigenvalue weighted by atomic mass is 19.1. The van der Waals surface area contributed by atoms with Crippen molar-refractivity contribution in [3.05, 3.63) is 93.7 Å². The van der Waals surface area contributed by atoms with Gasteiger partial charge in [0.2, 0.25) is 18.1 Å². The number of pyridine rings is 1. The molecule has 0 radical (unpaired) electrons. The standard InChI is InChI=1S/C24H20F2N4O4/c25-18-6-2-1-4-16(18)22(26)30-11-3-5-17(24(30)34)23(33)27-10-9-20(31)28-15-7-8-19-14(12-15)13-21(32)29-19/h1-8,11-12,22H,9-10,13H2,(H,27,33)(H,28,31)(H,29,32). The molecule has 10 heteroatoms. The number of hydrogen-bond acceptors (Lipinski definition) is 4. The summed E-state index contributed by atoms with van der Waals surface area (Å²) >= 11 is 0. The maximum atomic E-state index is 14.8. The number of carbonyl (C=O) groups excluding carboxylic acids is 3. The summed E-state index contributed by atoms with van der Waals surface area (Å²) in [4.78, 5) is 48.7. The van der Waals surface area contributed by atoms with E-state index in [9.17, 15) is 28.0 Å². The number of nitrogens with zero attached hydrogens (tertiary/aromatic N) is 1. The first-order chi connectivity index (χ1) is 16.3. The van der Waals surface area contributed by atoms with Crippen LogP contribution in [-0.4, -0.2) is 28.8 Å². The minimum absolute atomic E-state index is 0.0731. The van der Waals surface area contributed by atoms with Gasteiger partial charge in [0.05, 0.1) is 6.42 Å². The van der Waals surface area contributed by atoms with Crippen LogP contribution in [0.15, 0.2) is 65.6 Å². The van der Waals surface area contributed by atoms with Gasteiger partial charge in [-0.2, -0.15) is 0 Å². The van der Waals surface area contributed by atoms with Gasteiger partial charge < -0.3 is 16.0 Å². The Morgan fingerprint density at radius 2 is 1.88 bits per heavy atom. The second-order valence-corrected chi connectivity index (χ2v) is 7.64. The van der Waals surface area contributed by atoms with Gasteiger partial charge in [-0.15, -0.1) is 0 Å². The normalized spacial score (nSPS) is 13.1. The number of anilines is 2. The molecule has 174 valence electrons. The lowest BCUT2D eigenvalue weighted by Crippen LogP contribution is -2.35. The van der Waals surface area contributed by atoms with E-state index in [0.717, 1.165) is 17.8 Å². The average Bonchev–Trinajstić information content (AvgIpc) is 3.18. The molecule has 0 bridgehead atoms. The lowest BCUT2D eigenvalue weighted by atomic mass is 10.1. The Morgan fingerprint density at radius 1 is 1.09 bits per heavy atom. The van der Waals surface area contributed by atoms with E-state index >= 15 is 0 Å². The minimum Gasteiger partial charge on any atom is -0.351 e. The number of aromatic nitrogens is 1. The maximum Gasteiger partial charge on any atom is 0.266 e. The molecule has 1 atom stereocenters. The number of nitrogens with one attached hydrogen (secondary N) is 3. The van der Waals surface area contributed by atoms with Crippen LogP contribution in [0.2, 0.25) is 0 Å². The van der Waals surface area contributed by atoms with Gasteiger partial charge in [0.25, 0.3) is 11.5 Å². The summed E-state index contributed by atoms with van der Waals surface area (Å²) in [5.74, 6) is -2.09. The molecule has 34 heavy (non-hydrogen) atoms. The van der Waals surface area contributed by atoms with Crippen molar-refractivity contribution in [3.63, 3.8) is 0 Å². The molecule has 1 aromatic heterocycles. The predicted octanol–water partition coefficient (Wildman–Crippen LogP) is 2.76. The highest BCUT2D eigenvalue weighted by molar-refractivity contribution is 6.00. The van der Waals surface area contributed by atoms with E-state index in [1.54, 1.807) is 18.2 Å². The van der Waals surface area contributed by atoms with Gasteiger partial charge in [-0.25, -0.2) is 8.78 Å². The van der Waals surface area contributed by atoms with E-state index in [1.807, 2.05) is 0 Å². The SMILES string of the molecule is O=C(CCNC(=O)c1cccn(C(F)c2ccccc2F)c1=O)Nc1ccc2c(c1)CC(=O)N2. The molecule has 0 spiro atoms. The Hall–Kier alpha value is -4.34. The Labute approximate surface area is 192 Å². The van der Waals surface area contributed by atoms with Gasteiger partial charge in [0.15, 0.2) is 0 Å². The number of benzene rings is 2. The molecule has 0 aliphatic carbocycles. The van der Waals surface area contributed by atoms with E-state index in [1.165, 1.54) is 30.3 Å². The van der Waals surface area contributed by atoms with Crippen molar-refractivity contribution in [1.82, 2.24) is 9.88 Å². The third kappa shape index (κ3) is 4.85. The van der Waals surface area contributed by atoms with Crippen molar-refractivity contribution < 1.29 is 23.2 Å². The number of carbonyl (C=O) groups is 3. The highest BCUT2D eigenvalue weighted by Gasteiger charge is 2.21. The van der Waals surface area contributed by atoms with Crippen LogP contribution in [0, 0.1) is 5.82 Å². The summed E-state index contributed by atoms with van der Waals surface area (Å²) in [7, 11) is 0. The second kappa shape index (κ2) is 9.65. The largest absolute Gasteiger partial charge is 0.351 e. The summed E-state index contributed by atoms with van der Waals surface area (Å²) in [5.41, 5.74) is 0.400. The highest BCUT2D eigenvalue weighted by Crippen LogP contribution is 2.26. The predicted molar refractivity (Wildman–Crippen MR) is 121 cm³/mol. The van der Waals surface area contributed by atoms with Gasteiger partial charge in [-0.1, -0.05) is 18.2 Å². The topological polar surface area (TPSA) is 109 Å². The van der Waals surface area contributed by atoms with Crippen LogP contribution in [0.5, 0.6) is 0 Å². The van der Waals surface area contributed by atoms with Crippen molar-refractivity contribution >= 4 is 29.1 Å². The van der Waals surface area contributed by atoms with Crippen molar-refractivity contribution in [2.75, 3.05) is 17.2 Å². The number of hydrogen-bond donors (Lipinski definition) is 3. The molecule has 0 saturated heterocycles. The fraction of sp³-hybridized carbons (Fsp3) is 0.167. The number of halogens is 2. The van der Waals surface area contributed by atoms with Gasteiger partial charge >= 0.3 is 0 Å². The van der Waals surface area contributed by atoms with Crippen LogP contribution in [0.25, 0.3) is 0 Å². The molecule has 1 aliphatic heterocycles. The first-order valence-corrected chi connectivity index (χ1v) is 10.4. The van der Waals surface area contributed by atoms with Crippen molar-refractivity contribution in [2.24, 2.45) is 0 Å². The summed E-state index contributed by atoms with van der Waals surface area (Å²) in [5, 5.41) is 7.83. The van der Waals surface area contributed by atoms with E-state index in [0.29, 0.717) is 15.9 Å². The zero-order chi connectivity index (χ0) is 24.2. The summed E-state index contributed by atoms with van der Waals surface area (Å²) in [6, 6.07) is 12.7. The van der Waals surface area contributed by atoms with E-state index < -0.39 is 23.6 Å². The van der Waals surface area contributed by atoms with Crippen molar-refractivity contribution in [1.29, 1.82) is 0 Å². The van der Waals surface area contributed by atoms with Gasteiger partial charge in [-0.05, 0) is 42.0 Å². The number of alkyl halides is 1. The molecule has 3 aromatic rings. The molecule has 4 rings (SSSR count). The fourth-order valence-electron chi connectivity index (χ4n) is 3.59. The zero-order valence-electron chi connectivity index (χ0n) is 17.8. The van der Waals surface area contributed by atoms with E-state index in [2.05, 4.69) is 16.0 Å². The van der Waals surface area contributed by atoms with Gasteiger partial charge in [0, 0.05) is 36.1 Å². The molecule has 3 N–H and O–H groups in total. The molecule has 1 aliphatic rings. The first-order valence-electron chi connectivity index (χ1n) is 10.4. The number of amides is 3. The van der Waals surface area contributed by atoms with Crippen LogP contribution < -0.4 is 21.5 Å². The monoisotopic (exact) mass is 466 g/mol. The number of rotatable bonds is 7. The number of fused-ring (bicyclic) bond motifs is 1. The van der Waals surface area contributed by atoms with Crippen LogP contribution in [0.3, 0.4) is 0 Å². The summed E-state index contributed by atoms with van der Waals surface area (Å²) in [6.45, 7) is -0.0731. The van der Waals surface area contributed by atoms with Crippen LogP contribution >= 0.6 is 0 Å². The average molecular weight is 466 g/mol. The molecule has 1 unspecified atom stereocenters. The van der Waals surface area contributed by atoms with E-state index in [4.69, 9.17) is 0 Å². The molecular weight excluding hydrogens is 446 g/mol. The van der Waals surface area contributed by atoms with Crippen molar-refractivity contribution in [3.8, 4) is 0 Å².